The molecule has 0 aliphatic rings. The van der Waals surface area contributed by atoms with Crippen LogP contribution in [0, 0.1) is 10.1 Å². The number of hydrogen-bond acceptors (Lipinski definition) is 6. The molecule has 0 unspecified atom stereocenters. The Kier molecular flexibility index (Phi) is 4.31. The molecular weight excluding hydrogens is 266 g/mol. The lowest BCUT2D eigenvalue weighted by molar-refractivity contribution is -0.387. The SMILES string of the molecule is NC(=O)CONS(=O)(=O)c1ccccc1[N+](=O)[O-]. The number of nitro groups is 1. The monoisotopic (exact) mass is 275 g/mol. The second-order valence-corrected chi connectivity index (χ2v) is 4.68. The predicted molar refractivity (Wildman–Crippen MR) is 58.6 cm³/mol. The third-order valence-electron chi connectivity index (χ3n) is 1.73. The summed E-state index contributed by atoms with van der Waals surface area (Å²) in [5, 5.41) is 10.6. The minimum Gasteiger partial charge on any atom is -0.368 e. The second-order valence-electron chi connectivity index (χ2n) is 3.07. The largest absolute Gasteiger partial charge is 0.368 e. The summed E-state index contributed by atoms with van der Waals surface area (Å²) in [4.78, 5) is 25.5. The quantitative estimate of drug-likeness (QED) is 0.518. The van der Waals surface area contributed by atoms with E-state index in [0.717, 1.165) is 12.1 Å². The Bertz CT molecular complexity index is 570. The Morgan fingerprint density at radius 1 is 1.44 bits per heavy atom. The molecular formula is C8H9N3O6S. The molecule has 10 heteroatoms. The van der Waals surface area contributed by atoms with Gasteiger partial charge in [-0.2, -0.15) is 0 Å². The Balaban J connectivity index is 2.98. The number of primary amides is 1. The van der Waals surface area contributed by atoms with Gasteiger partial charge in [-0.1, -0.05) is 17.0 Å². The molecule has 0 bridgehead atoms. The molecule has 1 amide bonds. The maximum Gasteiger partial charge on any atom is 0.289 e. The van der Waals surface area contributed by atoms with Gasteiger partial charge in [0.25, 0.3) is 15.7 Å². The summed E-state index contributed by atoms with van der Waals surface area (Å²) in [7, 11) is -4.25. The maximum atomic E-state index is 11.6. The second kappa shape index (κ2) is 5.53. The summed E-state index contributed by atoms with van der Waals surface area (Å²) in [5.74, 6) is -0.889. The molecule has 0 radical (unpaired) electrons. The number of benzene rings is 1. The van der Waals surface area contributed by atoms with Crippen LogP contribution in [-0.2, 0) is 19.7 Å². The first kappa shape index (κ1) is 14.0. The van der Waals surface area contributed by atoms with Crippen LogP contribution in [0.3, 0.4) is 0 Å². The average molecular weight is 275 g/mol. The first-order valence-electron chi connectivity index (χ1n) is 4.50. The van der Waals surface area contributed by atoms with Crippen molar-refractivity contribution in [3.05, 3.63) is 34.4 Å². The van der Waals surface area contributed by atoms with Crippen molar-refractivity contribution < 1.29 is 23.0 Å². The van der Waals surface area contributed by atoms with E-state index >= 15 is 0 Å². The van der Waals surface area contributed by atoms with E-state index in [9.17, 15) is 23.3 Å². The van der Waals surface area contributed by atoms with E-state index in [2.05, 4.69) is 4.84 Å². The molecule has 0 aliphatic carbocycles. The first-order valence-corrected chi connectivity index (χ1v) is 5.98. The van der Waals surface area contributed by atoms with Crippen LogP contribution in [0.1, 0.15) is 0 Å². The zero-order chi connectivity index (χ0) is 13.8. The van der Waals surface area contributed by atoms with E-state index in [-0.39, 0.29) is 0 Å². The van der Waals surface area contributed by atoms with Crippen LogP contribution in [0.2, 0.25) is 0 Å². The molecule has 98 valence electrons. The fraction of sp³-hybridized carbons (Fsp3) is 0.125. The van der Waals surface area contributed by atoms with Crippen LogP contribution in [0.5, 0.6) is 0 Å². The zero-order valence-electron chi connectivity index (χ0n) is 8.90. The minimum atomic E-state index is -4.25. The molecule has 0 spiro atoms. The highest BCUT2D eigenvalue weighted by Crippen LogP contribution is 2.22. The van der Waals surface area contributed by atoms with Crippen LogP contribution in [-0.4, -0.2) is 25.9 Å². The van der Waals surface area contributed by atoms with Gasteiger partial charge in [0.1, 0.15) is 6.61 Å². The van der Waals surface area contributed by atoms with E-state index < -0.39 is 38.0 Å². The highest BCUT2D eigenvalue weighted by molar-refractivity contribution is 7.89. The number of nitrogens with one attached hydrogen (secondary N) is 1. The minimum absolute atomic E-state index is 0.570. The van der Waals surface area contributed by atoms with E-state index in [0.29, 0.717) is 0 Å². The predicted octanol–water partition coefficient (Wildman–Crippen LogP) is -0.710. The molecule has 1 rings (SSSR count). The van der Waals surface area contributed by atoms with Crippen molar-refractivity contribution >= 4 is 21.6 Å². The number of carbonyl (C=O) groups is 1. The fourth-order valence-corrected chi connectivity index (χ4v) is 2.04. The summed E-state index contributed by atoms with van der Waals surface area (Å²) in [6, 6.07) is 4.70. The average Bonchev–Trinajstić information content (AvgIpc) is 2.28. The maximum absolute atomic E-state index is 11.6. The molecule has 0 fully saturated rings. The molecule has 0 aromatic heterocycles. The van der Waals surface area contributed by atoms with Gasteiger partial charge < -0.3 is 5.73 Å². The van der Waals surface area contributed by atoms with Gasteiger partial charge in [0, 0.05) is 6.07 Å². The molecule has 0 atom stereocenters. The Labute approximate surface area is 102 Å². The molecule has 0 heterocycles. The number of nitro benzene ring substituents is 1. The van der Waals surface area contributed by atoms with Gasteiger partial charge >= 0.3 is 0 Å². The molecule has 3 N–H and O–H groups in total. The number of sulfonamides is 1. The van der Waals surface area contributed by atoms with Gasteiger partial charge in [0.05, 0.1) is 4.92 Å². The third kappa shape index (κ3) is 3.48. The van der Waals surface area contributed by atoms with Crippen molar-refractivity contribution in [1.82, 2.24) is 4.89 Å². The standard InChI is InChI=1S/C8H9N3O6S/c9-8(12)5-17-10-18(15,16)7-4-2-1-3-6(7)11(13)14/h1-4,10H,5H2,(H2,9,12). The molecule has 1 aromatic rings. The van der Waals surface area contributed by atoms with E-state index in [4.69, 9.17) is 5.73 Å². The van der Waals surface area contributed by atoms with Gasteiger partial charge in [0.2, 0.25) is 5.91 Å². The number of para-hydroxylation sites is 1. The van der Waals surface area contributed by atoms with Crippen LogP contribution in [0.4, 0.5) is 5.69 Å². The Hall–Kier alpha value is -2.04. The fourth-order valence-electron chi connectivity index (χ4n) is 1.06. The van der Waals surface area contributed by atoms with Crippen LogP contribution < -0.4 is 10.6 Å². The van der Waals surface area contributed by atoms with Gasteiger partial charge in [0.15, 0.2) is 4.90 Å². The normalized spacial score (nSPS) is 11.1. The van der Waals surface area contributed by atoms with Crippen LogP contribution >= 0.6 is 0 Å². The lowest BCUT2D eigenvalue weighted by Gasteiger charge is -2.06. The molecule has 9 nitrogen and oxygen atoms in total. The van der Waals surface area contributed by atoms with Crippen molar-refractivity contribution in [1.29, 1.82) is 0 Å². The summed E-state index contributed by atoms with van der Waals surface area (Å²) in [6.45, 7) is -0.681. The smallest absolute Gasteiger partial charge is 0.289 e. The van der Waals surface area contributed by atoms with E-state index in [1.807, 2.05) is 0 Å². The van der Waals surface area contributed by atoms with Crippen molar-refractivity contribution in [3.63, 3.8) is 0 Å². The summed E-state index contributed by atoms with van der Waals surface area (Å²) in [6.07, 6.45) is 0. The van der Waals surface area contributed by atoms with Crippen molar-refractivity contribution in [2.75, 3.05) is 6.61 Å². The van der Waals surface area contributed by atoms with Gasteiger partial charge in [-0.25, -0.2) is 8.42 Å². The number of hydrogen-bond donors (Lipinski definition) is 2. The topological polar surface area (TPSA) is 142 Å². The van der Waals surface area contributed by atoms with Crippen molar-refractivity contribution in [2.24, 2.45) is 5.73 Å². The zero-order valence-corrected chi connectivity index (χ0v) is 9.72. The van der Waals surface area contributed by atoms with Crippen molar-refractivity contribution in [3.8, 4) is 0 Å². The Morgan fingerprint density at radius 2 is 2.06 bits per heavy atom. The van der Waals surface area contributed by atoms with E-state index in [1.54, 1.807) is 4.89 Å². The molecule has 0 saturated carbocycles. The van der Waals surface area contributed by atoms with Gasteiger partial charge in [-0.3, -0.25) is 19.7 Å². The molecule has 18 heavy (non-hydrogen) atoms. The van der Waals surface area contributed by atoms with Gasteiger partial charge in [-0.05, 0) is 6.07 Å². The molecule has 0 aliphatic heterocycles. The van der Waals surface area contributed by atoms with E-state index in [1.165, 1.54) is 12.1 Å². The third-order valence-corrected chi connectivity index (χ3v) is 3.00. The number of carbonyl (C=O) groups excluding carboxylic acids is 1. The lowest BCUT2D eigenvalue weighted by atomic mass is 10.3. The van der Waals surface area contributed by atoms with Crippen LogP contribution in [0.25, 0.3) is 0 Å². The molecule has 0 saturated heterocycles. The summed E-state index contributed by atoms with van der Waals surface area (Å²) >= 11 is 0. The van der Waals surface area contributed by atoms with Crippen LogP contribution in [0.15, 0.2) is 29.2 Å². The Morgan fingerprint density at radius 3 is 2.61 bits per heavy atom. The number of nitrogens with two attached hydrogens (primary N) is 1. The van der Waals surface area contributed by atoms with Gasteiger partial charge in [-0.15, -0.1) is 0 Å². The highest BCUT2D eigenvalue weighted by atomic mass is 32.2. The summed E-state index contributed by atoms with van der Waals surface area (Å²) < 4.78 is 23.3. The number of rotatable bonds is 6. The first-order chi connectivity index (χ1) is 8.34. The summed E-state index contributed by atoms with van der Waals surface area (Å²) in [5.41, 5.74) is 4.13. The van der Waals surface area contributed by atoms with Crippen molar-refractivity contribution in [2.45, 2.75) is 4.90 Å². The highest BCUT2D eigenvalue weighted by Gasteiger charge is 2.25. The molecule has 1 aromatic carbocycles. The number of nitrogens with zero attached hydrogens (tertiary/aromatic N) is 1. The lowest BCUT2D eigenvalue weighted by Crippen LogP contribution is -2.29. The number of amides is 1.